The van der Waals surface area contributed by atoms with E-state index >= 15 is 0 Å². The number of halogens is 1. The summed E-state index contributed by atoms with van der Waals surface area (Å²) in [6.07, 6.45) is 0.149. The molecule has 1 aliphatic rings. The number of piperazine rings is 1. The van der Waals surface area contributed by atoms with Gasteiger partial charge >= 0.3 is 0 Å². The van der Waals surface area contributed by atoms with Crippen LogP contribution in [0.15, 0.2) is 4.99 Å². The summed E-state index contributed by atoms with van der Waals surface area (Å²) >= 11 is 0. The average Bonchev–Trinajstić information content (AvgIpc) is 2.56. The van der Waals surface area contributed by atoms with Crippen LogP contribution < -0.4 is 10.6 Å². The van der Waals surface area contributed by atoms with Crippen LogP contribution in [0.3, 0.4) is 0 Å². The molecule has 1 rings (SSSR count). The number of nitrogens with one attached hydrogen (secondary N) is 2. The highest BCUT2D eigenvalue weighted by atomic mass is 127. The van der Waals surface area contributed by atoms with E-state index in [1.165, 1.54) is 13.1 Å². The number of likely N-dealkylation sites (N-methyl/N-ethyl adjacent to an activating group) is 1. The first kappa shape index (κ1) is 24.9. The van der Waals surface area contributed by atoms with E-state index in [9.17, 15) is 0 Å². The lowest BCUT2D eigenvalue weighted by molar-refractivity contribution is 0.0205. The molecule has 2 N–H and O–H groups in total. The average molecular weight is 469 g/mol. The van der Waals surface area contributed by atoms with Crippen LogP contribution in [0.25, 0.3) is 0 Å². The normalized spacial score (nSPS) is 19.9. The molecular weight excluding hydrogens is 429 g/mol. The largest absolute Gasteiger partial charge is 0.379 e. The van der Waals surface area contributed by atoms with Crippen molar-refractivity contribution in [1.82, 2.24) is 20.4 Å². The molecule has 0 radical (unpaired) electrons. The molecule has 1 saturated heterocycles. The van der Waals surface area contributed by atoms with Gasteiger partial charge in [-0.2, -0.15) is 0 Å². The van der Waals surface area contributed by atoms with Crippen molar-refractivity contribution >= 4 is 29.9 Å². The fourth-order valence-corrected chi connectivity index (χ4v) is 3.05. The molecule has 150 valence electrons. The number of rotatable bonds is 7. The van der Waals surface area contributed by atoms with Crippen molar-refractivity contribution in [1.29, 1.82) is 0 Å². The minimum Gasteiger partial charge on any atom is -0.379 e. The highest BCUT2D eigenvalue weighted by molar-refractivity contribution is 14.0. The molecule has 0 bridgehead atoms. The number of hydrogen-bond donors (Lipinski definition) is 2. The van der Waals surface area contributed by atoms with E-state index < -0.39 is 0 Å². The van der Waals surface area contributed by atoms with Gasteiger partial charge in [-0.15, -0.1) is 24.0 Å². The lowest BCUT2D eigenvalue weighted by Crippen LogP contribution is -2.53. The fourth-order valence-electron chi connectivity index (χ4n) is 3.05. The molecule has 0 aromatic heterocycles. The van der Waals surface area contributed by atoms with Crippen LogP contribution in [-0.2, 0) is 4.74 Å². The maximum atomic E-state index is 5.59. The zero-order chi connectivity index (χ0) is 18.2. The minimum absolute atomic E-state index is 0. The molecule has 0 saturated carbocycles. The van der Waals surface area contributed by atoms with Gasteiger partial charge in [-0.1, -0.05) is 27.7 Å². The van der Waals surface area contributed by atoms with Gasteiger partial charge in [0.2, 0.25) is 0 Å². The third kappa shape index (κ3) is 8.88. The molecular formula is C18H40IN5O. The zero-order valence-electron chi connectivity index (χ0n) is 17.3. The van der Waals surface area contributed by atoms with Crippen molar-refractivity contribution in [2.75, 3.05) is 60.0 Å². The van der Waals surface area contributed by atoms with E-state index in [2.05, 4.69) is 60.0 Å². The van der Waals surface area contributed by atoms with Crippen LogP contribution in [0, 0.1) is 5.41 Å². The first-order valence-corrected chi connectivity index (χ1v) is 9.25. The van der Waals surface area contributed by atoms with Crippen LogP contribution in [0.5, 0.6) is 0 Å². The Morgan fingerprint density at radius 3 is 2.12 bits per heavy atom. The number of ether oxygens (including phenoxy) is 1. The smallest absolute Gasteiger partial charge is 0.191 e. The van der Waals surface area contributed by atoms with Crippen LogP contribution in [0.4, 0.5) is 0 Å². The molecule has 25 heavy (non-hydrogen) atoms. The standard InChI is InChI=1S/C18H39N5O.HI/c1-8-22-9-11-23(12-10-22)15(2)13-20-17(19-6)21-14-16(24-7)18(3,4)5;/h15-16H,8-14H2,1-7H3,(H2,19,20,21);1H. The van der Waals surface area contributed by atoms with E-state index in [1.807, 2.05) is 7.05 Å². The maximum absolute atomic E-state index is 5.59. The molecule has 0 aromatic rings. The lowest BCUT2D eigenvalue weighted by atomic mass is 9.89. The third-order valence-corrected chi connectivity index (χ3v) is 4.97. The molecule has 0 aromatic carbocycles. The summed E-state index contributed by atoms with van der Waals surface area (Å²) in [6, 6.07) is 0.503. The maximum Gasteiger partial charge on any atom is 0.191 e. The highest BCUT2D eigenvalue weighted by Gasteiger charge is 2.24. The first-order chi connectivity index (χ1) is 11.3. The number of hydrogen-bond acceptors (Lipinski definition) is 4. The summed E-state index contributed by atoms with van der Waals surface area (Å²) in [7, 11) is 3.59. The second-order valence-electron chi connectivity index (χ2n) is 7.74. The van der Waals surface area contributed by atoms with Gasteiger partial charge in [0, 0.05) is 59.5 Å². The van der Waals surface area contributed by atoms with Gasteiger partial charge in [0.05, 0.1) is 6.10 Å². The lowest BCUT2D eigenvalue weighted by Gasteiger charge is -2.37. The monoisotopic (exact) mass is 469 g/mol. The van der Waals surface area contributed by atoms with Gasteiger partial charge in [-0.25, -0.2) is 0 Å². The van der Waals surface area contributed by atoms with Crippen LogP contribution in [0.2, 0.25) is 0 Å². The summed E-state index contributed by atoms with van der Waals surface area (Å²) in [5.74, 6) is 0.848. The molecule has 1 heterocycles. The minimum atomic E-state index is 0. The molecule has 2 unspecified atom stereocenters. The zero-order valence-corrected chi connectivity index (χ0v) is 19.6. The Labute approximate surface area is 172 Å². The van der Waals surface area contributed by atoms with E-state index in [0.29, 0.717) is 6.04 Å². The van der Waals surface area contributed by atoms with Crippen molar-refractivity contribution in [3.8, 4) is 0 Å². The summed E-state index contributed by atoms with van der Waals surface area (Å²) < 4.78 is 5.59. The Balaban J connectivity index is 0.00000576. The summed E-state index contributed by atoms with van der Waals surface area (Å²) in [4.78, 5) is 9.39. The van der Waals surface area contributed by atoms with Gasteiger partial charge < -0.3 is 20.3 Å². The summed E-state index contributed by atoms with van der Waals surface area (Å²) in [5.41, 5.74) is 0.104. The summed E-state index contributed by atoms with van der Waals surface area (Å²) in [5, 5.41) is 6.84. The Morgan fingerprint density at radius 2 is 1.68 bits per heavy atom. The molecule has 2 atom stereocenters. The van der Waals surface area contributed by atoms with Gasteiger partial charge in [0.15, 0.2) is 5.96 Å². The fraction of sp³-hybridized carbons (Fsp3) is 0.944. The Bertz CT molecular complexity index is 378. The number of methoxy groups -OCH3 is 1. The van der Waals surface area contributed by atoms with Gasteiger partial charge in [0.1, 0.15) is 0 Å². The van der Waals surface area contributed by atoms with Crippen molar-refractivity contribution in [3.63, 3.8) is 0 Å². The number of nitrogens with zero attached hydrogens (tertiary/aromatic N) is 3. The van der Waals surface area contributed by atoms with Crippen molar-refractivity contribution in [3.05, 3.63) is 0 Å². The van der Waals surface area contributed by atoms with Crippen LogP contribution >= 0.6 is 24.0 Å². The van der Waals surface area contributed by atoms with Crippen molar-refractivity contribution in [2.24, 2.45) is 10.4 Å². The van der Waals surface area contributed by atoms with E-state index in [-0.39, 0.29) is 35.5 Å². The quantitative estimate of drug-likeness (QED) is 0.339. The highest BCUT2D eigenvalue weighted by Crippen LogP contribution is 2.20. The third-order valence-electron chi connectivity index (χ3n) is 4.97. The Hall–Kier alpha value is -0.120. The van der Waals surface area contributed by atoms with Gasteiger partial charge in [-0.05, 0) is 18.9 Å². The van der Waals surface area contributed by atoms with Gasteiger partial charge in [0.25, 0.3) is 0 Å². The molecule has 1 aliphatic heterocycles. The first-order valence-electron chi connectivity index (χ1n) is 9.25. The second kappa shape index (κ2) is 12.3. The topological polar surface area (TPSA) is 52.1 Å². The SMILES string of the molecule is CCN1CCN(C(C)CNC(=NC)NCC(OC)C(C)(C)C)CC1.I. The van der Waals surface area contributed by atoms with Crippen molar-refractivity contribution in [2.45, 2.75) is 46.8 Å². The summed E-state index contributed by atoms with van der Waals surface area (Å²) in [6.45, 7) is 18.6. The Morgan fingerprint density at radius 1 is 1.12 bits per heavy atom. The molecule has 6 nitrogen and oxygen atoms in total. The predicted octanol–water partition coefficient (Wildman–Crippen LogP) is 1.86. The van der Waals surface area contributed by atoms with E-state index in [1.54, 1.807) is 7.11 Å². The van der Waals surface area contributed by atoms with Crippen LogP contribution in [-0.4, -0.2) is 87.9 Å². The number of aliphatic imine (C=N–C) groups is 1. The molecule has 1 fully saturated rings. The number of guanidine groups is 1. The van der Waals surface area contributed by atoms with Crippen LogP contribution in [0.1, 0.15) is 34.6 Å². The molecule has 0 amide bonds. The predicted molar refractivity (Wildman–Crippen MR) is 118 cm³/mol. The van der Waals surface area contributed by atoms with Gasteiger partial charge in [-0.3, -0.25) is 9.89 Å². The molecule has 7 heteroatoms. The second-order valence-corrected chi connectivity index (χ2v) is 7.74. The van der Waals surface area contributed by atoms with E-state index in [0.717, 1.165) is 38.7 Å². The molecule has 0 aliphatic carbocycles. The van der Waals surface area contributed by atoms with E-state index in [4.69, 9.17) is 4.74 Å². The molecule has 0 spiro atoms. The Kier molecular flexibility index (Phi) is 12.2. The van der Waals surface area contributed by atoms with Crippen molar-refractivity contribution < 1.29 is 4.74 Å².